The number of aromatic hydroxyl groups is 1. The quantitative estimate of drug-likeness (QED) is 0.560. The van der Waals surface area contributed by atoms with Gasteiger partial charge in [-0.15, -0.1) is 0 Å². The Morgan fingerprint density at radius 1 is 1.09 bits per heavy atom. The van der Waals surface area contributed by atoms with Crippen LogP contribution in [0.5, 0.6) is 5.75 Å². The first-order valence-electron chi connectivity index (χ1n) is 10.5. The van der Waals surface area contributed by atoms with E-state index < -0.39 is 21.7 Å². The molecule has 0 saturated heterocycles. The van der Waals surface area contributed by atoms with Gasteiger partial charge in [0.05, 0.1) is 16.1 Å². The minimum atomic E-state index is -3.91. The highest BCUT2D eigenvalue weighted by Crippen LogP contribution is 2.27. The van der Waals surface area contributed by atoms with Gasteiger partial charge in [0.2, 0.25) is 0 Å². The number of aromatic nitrogens is 2. The van der Waals surface area contributed by atoms with Crippen molar-refractivity contribution >= 4 is 27.0 Å². The van der Waals surface area contributed by atoms with Crippen LogP contribution in [0.15, 0.2) is 53.4 Å². The van der Waals surface area contributed by atoms with Crippen molar-refractivity contribution in [3.63, 3.8) is 0 Å². The first-order chi connectivity index (χ1) is 15.4. The fraction of sp³-hybridized carbons (Fsp3) is 0.391. The third-order valence-electron chi connectivity index (χ3n) is 4.92. The van der Waals surface area contributed by atoms with Crippen molar-refractivity contribution in [1.29, 1.82) is 0 Å². The number of carbonyl (C=O) groups is 1. The molecule has 3 rings (SSSR count). The summed E-state index contributed by atoms with van der Waals surface area (Å²) >= 11 is 0. The fourth-order valence-electron chi connectivity index (χ4n) is 3.22. The summed E-state index contributed by atoms with van der Waals surface area (Å²) in [5, 5.41) is 14.9. The van der Waals surface area contributed by atoms with Gasteiger partial charge in [0.15, 0.2) is 0 Å². The third-order valence-corrected chi connectivity index (χ3v) is 6.52. The molecular formula is C23H30N4O5S. The molecule has 0 aliphatic carbocycles. The molecule has 0 aliphatic heterocycles. The Balaban J connectivity index is 1.82. The van der Waals surface area contributed by atoms with Crippen LogP contribution in [0, 0.1) is 0 Å². The van der Waals surface area contributed by atoms with Crippen molar-refractivity contribution < 1.29 is 23.1 Å². The highest BCUT2D eigenvalue weighted by molar-refractivity contribution is 7.90. The molecule has 1 N–H and O–H groups in total. The van der Waals surface area contributed by atoms with E-state index in [4.69, 9.17) is 4.74 Å². The average molecular weight is 475 g/mol. The predicted molar refractivity (Wildman–Crippen MR) is 126 cm³/mol. The number of ether oxygens (including phenoxy) is 1. The Morgan fingerprint density at radius 2 is 1.76 bits per heavy atom. The van der Waals surface area contributed by atoms with Crippen LogP contribution in [0.25, 0.3) is 10.9 Å². The van der Waals surface area contributed by atoms with Crippen LogP contribution in [0.4, 0.5) is 4.79 Å². The van der Waals surface area contributed by atoms with E-state index in [0.29, 0.717) is 36.2 Å². The lowest BCUT2D eigenvalue weighted by atomic mass is 10.2. The van der Waals surface area contributed by atoms with Gasteiger partial charge in [-0.25, -0.2) is 4.79 Å². The monoisotopic (exact) mass is 474 g/mol. The lowest BCUT2D eigenvalue weighted by molar-refractivity contribution is 0.0286. The summed E-state index contributed by atoms with van der Waals surface area (Å²) in [7, 11) is -0.399. The molecule has 0 fully saturated rings. The van der Waals surface area contributed by atoms with Crippen molar-refractivity contribution in [2.75, 3.05) is 27.2 Å². The molecule has 0 aliphatic rings. The highest BCUT2D eigenvalue weighted by Gasteiger charge is 2.24. The van der Waals surface area contributed by atoms with Crippen molar-refractivity contribution in [3.8, 4) is 5.75 Å². The van der Waals surface area contributed by atoms with Crippen LogP contribution in [0.2, 0.25) is 0 Å². The number of amides is 1. The molecule has 0 atom stereocenters. The molecule has 0 radical (unpaired) electrons. The molecule has 178 valence electrons. The maximum atomic E-state index is 13.2. The Morgan fingerprint density at radius 3 is 2.39 bits per heavy atom. The summed E-state index contributed by atoms with van der Waals surface area (Å²) in [5.74, 6) is 0.0210. The van der Waals surface area contributed by atoms with Crippen LogP contribution in [-0.2, 0) is 21.3 Å². The first-order valence-corrected chi connectivity index (χ1v) is 12.0. The molecular weight excluding hydrogens is 444 g/mol. The van der Waals surface area contributed by atoms with E-state index >= 15 is 0 Å². The van der Waals surface area contributed by atoms with E-state index in [0.717, 1.165) is 4.09 Å². The molecule has 1 aromatic heterocycles. The molecule has 0 unspecified atom stereocenters. The number of phenolic OH excluding ortho intramolecular Hbond substituents is 1. The van der Waals surface area contributed by atoms with Crippen LogP contribution in [0.3, 0.4) is 0 Å². The summed E-state index contributed by atoms with van der Waals surface area (Å²) in [6, 6.07) is 12.6. The van der Waals surface area contributed by atoms with E-state index in [1.807, 2.05) is 32.7 Å². The minimum Gasteiger partial charge on any atom is -0.508 e. The van der Waals surface area contributed by atoms with Crippen molar-refractivity contribution in [1.82, 2.24) is 19.0 Å². The van der Waals surface area contributed by atoms with Crippen LogP contribution >= 0.6 is 0 Å². The van der Waals surface area contributed by atoms with E-state index in [1.54, 1.807) is 25.2 Å². The smallest absolute Gasteiger partial charge is 0.410 e. The Kier molecular flexibility index (Phi) is 6.99. The van der Waals surface area contributed by atoms with Gasteiger partial charge in [0.25, 0.3) is 10.0 Å². The van der Waals surface area contributed by atoms with Gasteiger partial charge in [-0.1, -0.05) is 18.2 Å². The van der Waals surface area contributed by atoms with Crippen LogP contribution in [-0.4, -0.2) is 71.4 Å². The second-order valence-electron chi connectivity index (χ2n) is 8.95. The standard InChI is InChI=1S/C23H30N4O5S/c1-23(2,3)32-22(29)26(5)14-13-25(4)16-20-19-15-17(28)11-12-21(19)27(24-20)33(30,31)18-9-7-6-8-10-18/h6-12,15,28H,13-14,16H2,1-5H3. The zero-order chi connectivity index (χ0) is 24.4. The number of carbonyl (C=O) groups excluding carboxylic acids is 1. The number of likely N-dealkylation sites (N-methyl/N-ethyl adjacent to an activating group) is 2. The third kappa shape index (κ3) is 5.82. The number of benzene rings is 2. The van der Waals surface area contributed by atoms with E-state index in [-0.39, 0.29) is 10.6 Å². The lowest BCUT2D eigenvalue weighted by Crippen LogP contribution is -2.38. The number of hydrogen-bond acceptors (Lipinski definition) is 7. The summed E-state index contributed by atoms with van der Waals surface area (Å²) < 4.78 is 32.8. The van der Waals surface area contributed by atoms with Gasteiger partial charge in [-0.05, 0) is 58.2 Å². The maximum Gasteiger partial charge on any atom is 0.410 e. The number of rotatable bonds is 7. The largest absolute Gasteiger partial charge is 0.508 e. The Labute approximate surface area is 194 Å². The zero-order valence-electron chi connectivity index (χ0n) is 19.5. The molecule has 10 heteroatoms. The van der Waals surface area contributed by atoms with Gasteiger partial charge in [-0.2, -0.15) is 17.6 Å². The second-order valence-corrected chi connectivity index (χ2v) is 10.7. The first kappa shape index (κ1) is 24.5. The number of phenols is 1. The molecule has 33 heavy (non-hydrogen) atoms. The SMILES string of the molecule is CN(CCN(C)C(=O)OC(C)(C)C)Cc1nn(S(=O)(=O)c2ccccc2)c2ccc(O)cc12. The summed E-state index contributed by atoms with van der Waals surface area (Å²) in [4.78, 5) is 15.7. The van der Waals surface area contributed by atoms with Crippen LogP contribution < -0.4 is 0 Å². The summed E-state index contributed by atoms with van der Waals surface area (Å²) in [6.07, 6.45) is -0.412. The molecule has 0 bridgehead atoms. The number of nitrogens with zero attached hydrogens (tertiary/aromatic N) is 4. The van der Waals surface area contributed by atoms with E-state index in [1.165, 1.54) is 35.2 Å². The van der Waals surface area contributed by atoms with Gasteiger partial charge in [-0.3, -0.25) is 4.90 Å². The molecule has 1 heterocycles. The van der Waals surface area contributed by atoms with Gasteiger partial charge in [0.1, 0.15) is 11.4 Å². The van der Waals surface area contributed by atoms with Crippen molar-refractivity contribution in [2.45, 2.75) is 37.8 Å². The molecule has 9 nitrogen and oxygen atoms in total. The highest BCUT2D eigenvalue weighted by atomic mass is 32.2. The molecule has 3 aromatic rings. The number of hydrogen-bond donors (Lipinski definition) is 1. The van der Waals surface area contributed by atoms with Gasteiger partial charge < -0.3 is 14.7 Å². The van der Waals surface area contributed by atoms with Gasteiger partial charge >= 0.3 is 6.09 Å². The summed E-state index contributed by atoms with van der Waals surface area (Å²) in [6.45, 7) is 6.67. The maximum absolute atomic E-state index is 13.2. The fourth-order valence-corrected chi connectivity index (χ4v) is 4.54. The number of fused-ring (bicyclic) bond motifs is 1. The van der Waals surface area contributed by atoms with Gasteiger partial charge in [0, 0.05) is 32.1 Å². The Bertz CT molecular complexity index is 1230. The predicted octanol–water partition coefficient (Wildman–Crippen LogP) is 3.28. The van der Waals surface area contributed by atoms with E-state index in [2.05, 4.69) is 5.10 Å². The molecule has 2 aromatic carbocycles. The van der Waals surface area contributed by atoms with Crippen molar-refractivity contribution in [2.24, 2.45) is 0 Å². The van der Waals surface area contributed by atoms with Crippen LogP contribution in [0.1, 0.15) is 26.5 Å². The lowest BCUT2D eigenvalue weighted by Gasteiger charge is -2.26. The van der Waals surface area contributed by atoms with Crippen molar-refractivity contribution in [3.05, 3.63) is 54.2 Å². The average Bonchev–Trinajstić information content (AvgIpc) is 3.09. The molecule has 0 spiro atoms. The zero-order valence-corrected chi connectivity index (χ0v) is 20.3. The topological polar surface area (TPSA) is 105 Å². The Hall–Kier alpha value is -3.11. The summed E-state index contributed by atoms with van der Waals surface area (Å²) in [5.41, 5.74) is 0.309. The minimum absolute atomic E-state index is 0.0210. The molecule has 1 amide bonds. The normalized spacial score (nSPS) is 12.3. The molecule has 0 saturated carbocycles. The van der Waals surface area contributed by atoms with E-state index in [9.17, 15) is 18.3 Å². The second kappa shape index (κ2) is 9.40.